The summed E-state index contributed by atoms with van der Waals surface area (Å²) in [5.41, 5.74) is 0.725. The van der Waals surface area contributed by atoms with E-state index in [0.717, 1.165) is 38.0 Å². The van der Waals surface area contributed by atoms with Gasteiger partial charge in [-0.25, -0.2) is 0 Å². The smallest absolute Gasteiger partial charge is 0.230 e. The number of carbonyl (C=O) groups is 1. The minimum absolute atomic E-state index is 0.0828. The fraction of sp³-hybridized carbons (Fsp3) is 0.750. The van der Waals surface area contributed by atoms with Gasteiger partial charge in [0, 0.05) is 12.7 Å². The Kier molecular flexibility index (Phi) is 5.10. The van der Waals surface area contributed by atoms with E-state index in [2.05, 4.69) is 15.3 Å². The van der Waals surface area contributed by atoms with Crippen LogP contribution in [0.1, 0.15) is 38.5 Å². The van der Waals surface area contributed by atoms with Crippen molar-refractivity contribution in [1.29, 1.82) is 0 Å². The van der Waals surface area contributed by atoms with Crippen molar-refractivity contribution in [3.8, 4) is 0 Å². The molecule has 0 radical (unpaired) electrons. The van der Waals surface area contributed by atoms with Crippen LogP contribution in [0.15, 0.2) is 12.4 Å². The van der Waals surface area contributed by atoms with Crippen LogP contribution in [-0.4, -0.2) is 51.4 Å². The predicted octanol–water partition coefficient (Wildman–Crippen LogP) is 1.47. The Balaban J connectivity index is 1.47. The van der Waals surface area contributed by atoms with Crippen LogP contribution < -0.4 is 5.32 Å². The molecule has 1 saturated heterocycles. The molecule has 22 heavy (non-hydrogen) atoms. The van der Waals surface area contributed by atoms with Crippen molar-refractivity contribution in [1.82, 2.24) is 14.7 Å². The van der Waals surface area contributed by atoms with E-state index in [4.69, 9.17) is 0 Å². The Labute approximate surface area is 131 Å². The average Bonchev–Trinajstić information content (AvgIpc) is 3.15. The van der Waals surface area contributed by atoms with Crippen LogP contribution in [-0.2, 0) is 11.3 Å². The summed E-state index contributed by atoms with van der Waals surface area (Å²) in [5.74, 6) is -0.350. The molecule has 1 aromatic heterocycles. The number of hydrogen-bond acceptors (Lipinski definition) is 4. The summed E-state index contributed by atoms with van der Waals surface area (Å²) in [7, 11) is 0. The minimum atomic E-state index is -0.492. The van der Waals surface area contributed by atoms with Gasteiger partial charge < -0.3 is 15.3 Å². The minimum Gasteiger partial charge on any atom is -0.392 e. The average molecular weight is 306 g/mol. The van der Waals surface area contributed by atoms with Gasteiger partial charge in [-0.3, -0.25) is 9.48 Å². The van der Waals surface area contributed by atoms with Crippen molar-refractivity contribution in [2.24, 2.45) is 5.92 Å². The number of rotatable bonds is 5. The first-order valence-electron chi connectivity index (χ1n) is 8.46. The van der Waals surface area contributed by atoms with E-state index in [1.54, 1.807) is 6.20 Å². The molecule has 3 rings (SSSR count). The topological polar surface area (TPSA) is 70.4 Å². The zero-order chi connectivity index (χ0) is 15.4. The van der Waals surface area contributed by atoms with Gasteiger partial charge >= 0.3 is 0 Å². The molecule has 0 spiro atoms. The zero-order valence-corrected chi connectivity index (χ0v) is 13.1. The largest absolute Gasteiger partial charge is 0.392 e. The Hall–Kier alpha value is -1.40. The summed E-state index contributed by atoms with van der Waals surface area (Å²) in [6.07, 6.45) is 9.44. The van der Waals surface area contributed by atoms with Crippen LogP contribution in [0.3, 0.4) is 0 Å². The van der Waals surface area contributed by atoms with Crippen molar-refractivity contribution >= 4 is 11.6 Å². The molecule has 2 fully saturated rings. The molecule has 0 bridgehead atoms. The monoisotopic (exact) mass is 306 g/mol. The highest BCUT2D eigenvalue weighted by atomic mass is 16.3. The SMILES string of the molecule is O=C(Nc1cnn(CCN2CCCCC2)c1)C1CCCC1O. The van der Waals surface area contributed by atoms with E-state index in [-0.39, 0.29) is 11.8 Å². The molecular weight excluding hydrogens is 280 g/mol. The van der Waals surface area contributed by atoms with Crippen molar-refractivity contribution < 1.29 is 9.90 Å². The highest BCUT2D eigenvalue weighted by Crippen LogP contribution is 2.26. The second-order valence-electron chi connectivity index (χ2n) is 6.49. The molecule has 1 aliphatic carbocycles. The molecule has 1 amide bonds. The molecule has 1 aliphatic heterocycles. The van der Waals surface area contributed by atoms with Crippen LogP contribution in [0, 0.1) is 5.92 Å². The van der Waals surface area contributed by atoms with Crippen LogP contribution in [0.2, 0.25) is 0 Å². The van der Waals surface area contributed by atoms with Crippen molar-refractivity contribution in [3.05, 3.63) is 12.4 Å². The number of anilines is 1. The Bertz CT molecular complexity index is 496. The van der Waals surface area contributed by atoms with Gasteiger partial charge in [0.15, 0.2) is 0 Å². The molecule has 122 valence electrons. The lowest BCUT2D eigenvalue weighted by Gasteiger charge is -2.26. The molecular formula is C16H26N4O2. The van der Waals surface area contributed by atoms with E-state index in [9.17, 15) is 9.90 Å². The first kappa shape index (κ1) is 15.5. The maximum absolute atomic E-state index is 12.1. The van der Waals surface area contributed by atoms with Crippen LogP contribution in [0.4, 0.5) is 5.69 Å². The van der Waals surface area contributed by atoms with Crippen LogP contribution >= 0.6 is 0 Å². The quantitative estimate of drug-likeness (QED) is 0.864. The predicted molar refractivity (Wildman–Crippen MR) is 84.5 cm³/mol. The Morgan fingerprint density at radius 3 is 2.77 bits per heavy atom. The highest BCUT2D eigenvalue weighted by Gasteiger charge is 2.31. The maximum Gasteiger partial charge on any atom is 0.230 e. The summed E-state index contributed by atoms with van der Waals surface area (Å²) in [6.45, 7) is 4.23. The normalized spacial score (nSPS) is 26.2. The molecule has 2 aliphatic rings. The van der Waals surface area contributed by atoms with E-state index >= 15 is 0 Å². The fourth-order valence-corrected chi connectivity index (χ4v) is 3.46. The Morgan fingerprint density at radius 2 is 2.05 bits per heavy atom. The zero-order valence-electron chi connectivity index (χ0n) is 13.1. The number of nitrogens with one attached hydrogen (secondary N) is 1. The number of amides is 1. The third-order valence-electron chi connectivity index (χ3n) is 4.81. The van der Waals surface area contributed by atoms with Crippen molar-refractivity contribution in [3.63, 3.8) is 0 Å². The van der Waals surface area contributed by atoms with Gasteiger partial charge in [0.25, 0.3) is 0 Å². The number of piperidine rings is 1. The maximum atomic E-state index is 12.1. The molecule has 2 unspecified atom stereocenters. The molecule has 2 heterocycles. The molecule has 2 atom stereocenters. The molecule has 1 aromatic rings. The number of aromatic nitrogens is 2. The van der Waals surface area contributed by atoms with E-state index < -0.39 is 6.10 Å². The first-order chi connectivity index (χ1) is 10.7. The molecule has 1 saturated carbocycles. The van der Waals surface area contributed by atoms with Gasteiger partial charge in [-0.15, -0.1) is 0 Å². The van der Waals surface area contributed by atoms with Crippen LogP contribution in [0.25, 0.3) is 0 Å². The number of hydrogen-bond donors (Lipinski definition) is 2. The van der Waals surface area contributed by atoms with E-state index in [1.165, 1.54) is 32.4 Å². The molecule has 0 aromatic carbocycles. The van der Waals surface area contributed by atoms with E-state index in [1.807, 2.05) is 10.9 Å². The molecule has 6 heteroatoms. The summed E-state index contributed by atoms with van der Waals surface area (Å²) in [4.78, 5) is 14.6. The summed E-state index contributed by atoms with van der Waals surface area (Å²) in [5, 5.41) is 17.0. The third-order valence-corrected chi connectivity index (χ3v) is 4.81. The van der Waals surface area contributed by atoms with Crippen molar-refractivity contribution in [2.45, 2.75) is 51.2 Å². The number of aliphatic hydroxyl groups is 1. The van der Waals surface area contributed by atoms with E-state index in [0.29, 0.717) is 0 Å². The van der Waals surface area contributed by atoms with Gasteiger partial charge in [0.05, 0.1) is 30.5 Å². The van der Waals surface area contributed by atoms with Gasteiger partial charge in [0.2, 0.25) is 5.91 Å². The summed E-state index contributed by atoms with van der Waals surface area (Å²) >= 11 is 0. The van der Waals surface area contributed by atoms with Gasteiger partial charge in [0.1, 0.15) is 0 Å². The lowest BCUT2D eigenvalue weighted by Crippen LogP contribution is -2.32. The second kappa shape index (κ2) is 7.24. The standard InChI is InChI=1S/C16H26N4O2/c21-15-6-4-5-14(15)16(22)18-13-11-17-20(12-13)10-9-19-7-2-1-3-8-19/h11-12,14-15,21H,1-10H2,(H,18,22). The van der Waals surface area contributed by atoms with Crippen molar-refractivity contribution in [2.75, 3.05) is 25.0 Å². The lowest BCUT2D eigenvalue weighted by atomic mass is 10.1. The highest BCUT2D eigenvalue weighted by molar-refractivity contribution is 5.92. The van der Waals surface area contributed by atoms with Crippen LogP contribution in [0.5, 0.6) is 0 Å². The van der Waals surface area contributed by atoms with Gasteiger partial charge in [-0.2, -0.15) is 5.10 Å². The summed E-state index contributed by atoms with van der Waals surface area (Å²) < 4.78 is 1.88. The number of carbonyl (C=O) groups excluding carboxylic acids is 1. The van der Waals surface area contributed by atoms with Gasteiger partial charge in [-0.05, 0) is 45.2 Å². The number of aliphatic hydroxyl groups excluding tert-OH is 1. The first-order valence-corrected chi connectivity index (χ1v) is 8.46. The summed E-state index contributed by atoms with van der Waals surface area (Å²) in [6, 6.07) is 0. The second-order valence-corrected chi connectivity index (χ2v) is 6.49. The molecule has 2 N–H and O–H groups in total. The number of likely N-dealkylation sites (tertiary alicyclic amines) is 1. The number of nitrogens with zero attached hydrogens (tertiary/aromatic N) is 3. The Morgan fingerprint density at radius 1 is 1.23 bits per heavy atom. The molecule has 6 nitrogen and oxygen atoms in total. The van der Waals surface area contributed by atoms with Gasteiger partial charge in [-0.1, -0.05) is 6.42 Å². The fourth-order valence-electron chi connectivity index (χ4n) is 3.46. The lowest BCUT2D eigenvalue weighted by molar-refractivity contribution is -0.122. The third kappa shape index (κ3) is 3.87.